The third-order valence-electron chi connectivity index (χ3n) is 5.86. The van der Waals surface area contributed by atoms with E-state index in [9.17, 15) is 9.90 Å². The molecule has 0 aliphatic rings. The number of anilines is 1. The Balaban J connectivity index is 1.82. The van der Waals surface area contributed by atoms with Crippen molar-refractivity contribution in [2.24, 2.45) is 5.73 Å². The molecule has 178 valence electrons. The van der Waals surface area contributed by atoms with Crippen LogP contribution in [-0.2, 0) is 5.67 Å². The smallest absolute Gasteiger partial charge is 0.252 e. The quantitative estimate of drug-likeness (QED) is 0.355. The van der Waals surface area contributed by atoms with Gasteiger partial charge >= 0.3 is 0 Å². The Morgan fingerprint density at radius 2 is 2.06 bits per heavy atom. The van der Waals surface area contributed by atoms with Crippen molar-refractivity contribution in [1.29, 1.82) is 0 Å². The number of tetrazole rings is 1. The Bertz CT molecular complexity index is 1310. The van der Waals surface area contributed by atoms with Gasteiger partial charge < -0.3 is 15.7 Å². The third kappa shape index (κ3) is 3.96. The first kappa shape index (κ1) is 23.2. The van der Waals surface area contributed by atoms with E-state index >= 15 is 4.39 Å². The van der Waals surface area contributed by atoms with E-state index in [1.807, 2.05) is 13.8 Å². The molecule has 0 aliphatic heterocycles. The van der Waals surface area contributed by atoms with Gasteiger partial charge in [-0.15, -0.1) is 10.2 Å². The molecule has 0 aliphatic carbocycles. The van der Waals surface area contributed by atoms with Gasteiger partial charge in [0.25, 0.3) is 5.91 Å². The van der Waals surface area contributed by atoms with Crippen molar-refractivity contribution in [1.82, 2.24) is 35.2 Å². The van der Waals surface area contributed by atoms with Gasteiger partial charge in [-0.2, -0.15) is 10.3 Å². The molecule has 4 rings (SSSR count). The molecular formula is C22H26FN9O2. The van der Waals surface area contributed by atoms with Gasteiger partial charge in [-0.05, 0) is 57.2 Å². The number of primary amides is 1. The van der Waals surface area contributed by atoms with Gasteiger partial charge in [-0.1, -0.05) is 0 Å². The number of pyridine rings is 1. The molecule has 4 aromatic rings. The number of hydrogen-bond acceptors (Lipinski definition) is 8. The number of nitrogens with zero attached hydrogens (tertiary/aromatic N) is 7. The Hall–Kier alpha value is -3.93. The van der Waals surface area contributed by atoms with Crippen LogP contribution in [0.25, 0.3) is 16.9 Å². The number of carbonyl (C=O) groups is 1. The summed E-state index contributed by atoms with van der Waals surface area (Å²) in [5.74, 6) is -0.320. The highest BCUT2D eigenvalue weighted by molar-refractivity contribution is 5.98. The number of nitrogens with two attached hydrogens (primary N) is 1. The molecule has 0 radical (unpaired) electrons. The molecule has 34 heavy (non-hydrogen) atoms. The lowest BCUT2D eigenvalue weighted by atomic mass is 9.83. The second-order valence-electron chi connectivity index (χ2n) is 8.87. The number of aromatic amines is 1. The maximum atomic E-state index is 17.1. The first-order chi connectivity index (χ1) is 16.0. The molecular weight excluding hydrogens is 441 g/mol. The number of nitrogens with one attached hydrogen (secondary N) is 1. The molecule has 0 unspecified atom stereocenters. The number of fused-ring (bicyclic) bond motifs is 1. The van der Waals surface area contributed by atoms with Crippen LogP contribution in [-0.4, -0.2) is 64.4 Å². The molecule has 1 amide bonds. The van der Waals surface area contributed by atoms with E-state index in [4.69, 9.17) is 5.73 Å². The minimum atomic E-state index is -2.30. The fourth-order valence-corrected chi connectivity index (χ4v) is 3.90. The fourth-order valence-electron chi connectivity index (χ4n) is 3.90. The number of aromatic nitrogens is 7. The third-order valence-corrected chi connectivity index (χ3v) is 5.86. The van der Waals surface area contributed by atoms with Crippen LogP contribution in [0.4, 0.5) is 10.1 Å². The summed E-state index contributed by atoms with van der Waals surface area (Å²) in [4.78, 5) is 17.7. The Morgan fingerprint density at radius 1 is 1.29 bits per heavy atom. The number of amides is 1. The van der Waals surface area contributed by atoms with E-state index in [0.717, 1.165) is 0 Å². The molecule has 11 nitrogen and oxygen atoms in total. The highest BCUT2D eigenvalue weighted by Crippen LogP contribution is 2.40. The summed E-state index contributed by atoms with van der Waals surface area (Å²) >= 11 is 0. The highest BCUT2D eigenvalue weighted by Gasteiger charge is 2.50. The zero-order valence-electron chi connectivity index (χ0n) is 19.3. The molecule has 0 saturated heterocycles. The van der Waals surface area contributed by atoms with Crippen LogP contribution in [0.1, 0.15) is 43.7 Å². The van der Waals surface area contributed by atoms with Gasteiger partial charge in [0.05, 0.1) is 35.2 Å². The zero-order valence-corrected chi connectivity index (χ0v) is 19.3. The van der Waals surface area contributed by atoms with Gasteiger partial charge in [0.1, 0.15) is 5.60 Å². The molecule has 0 bridgehead atoms. The number of hydrogen-bond donors (Lipinski definition) is 3. The predicted molar refractivity (Wildman–Crippen MR) is 123 cm³/mol. The maximum absolute atomic E-state index is 17.1. The van der Waals surface area contributed by atoms with E-state index in [0.29, 0.717) is 22.6 Å². The number of aliphatic hydroxyl groups is 1. The second kappa shape index (κ2) is 8.45. The summed E-state index contributed by atoms with van der Waals surface area (Å²) in [5.41, 5.74) is 3.35. The van der Waals surface area contributed by atoms with Crippen LogP contribution in [0.15, 0.2) is 42.9 Å². The summed E-state index contributed by atoms with van der Waals surface area (Å²) in [6, 6.07) is 6.41. The van der Waals surface area contributed by atoms with Crippen molar-refractivity contribution in [3.05, 3.63) is 54.1 Å². The fraction of sp³-hybridized carbons (Fsp3) is 0.364. The van der Waals surface area contributed by atoms with Gasteiger partial charge in [0, 0.05) is 24.0 Å². The Labute approximate surface area is 194 Å². The van der Waals surface area contributed by atoms with E-state index in [2.05, 4.69) is 30.7 Å². The molecule has 0 aromatic carbocycles. The number of rotatable bonds is 8. The van der Waals surface area contributed by atoms with Crippen molar-refractivity contribution in [2.45, 2.75) is 45.0 Å². The summed E-state index contributed by atoms with van der Waals surface area (Å²) in [6.45, 7) is 6.25. The highest BCUT2D eigenvalue weighted by atomic mass is 19.1. The lowest BCUT2D eigenvalue weighted by Crippen LogP contribution is -2.54. The zero-order chi connectivity index (χ0) is 24.7. The molecule has 0 fully saturated rings. The average Bonchev–Trinajstić information content (AvgIpc) is 3.46. The number of halogens is 1. The molecule has 0 saturated carbocycles. The molecule has 0 spiro atoms. The van der Waals surface area contributed by atoms with Crippen molar-refractivity contribution in [3.63, 3.8) is 0 Å². The minimum absolute atomic E-state index is 0.148. The first-order valence-corrected chi connectivity index (χ1v) is 10.7. The molecule has 12 heteroatoms. The van der Waals surface area contributed by atoms with E-state index in [1.165, 1.54) is 37.0 Å². The van der Waals surface area contributed by atoms with E-state index < -0.39 is 17.2 Å². The standard InChI is InChI=1S/C22H26FN9O2/c1-13(2)31(17-7-8-25-11-16(17)19(24)33)12-22(23,21(3,4)34)18-6-5-15-9-14(10-26-32(15)18)20-27-29-30-28-20/h5-11,13,34H,12H2,1-4H3,(H2,24,33)(H,27,28,29,30)/t22-/m1/s1. The largest absolute Gasteiger partial charge is 0.387 e. The molecule has 4 aromatic heterocycles. The monoisotopic (exact) mass is 467 g/mol. The summed E-state index contributed by atoms with van der Waals surface area (Å²) < 4.78 is 18.5. The van der Waals surface area contributed by atoms with Crippen LogP contribution < -0.4 is 10.6 Å². The number of H-pyrrole nitrogens is 1. The lowest BCUT2D eigenvalue weighted by molar-refractivity contribution is -0.0818. The van der Waals surface area contributed by atoms with Gasteiger partial charge in [-0.25, -0.2) is 8.91 Å². The molecule has 4 heterocycles. The number of alkyl halides is 1. The van der Waals surface area contributed by atoms with Crippen molar-refractivity contribution in [3.8, 4) is 11.4 Å². The van der Waals surface area contributed by atoms with Gasteiger partial charge in [-0.3, -0.25) is 9.78 Å². The van der Waals surface area contributed by atoms with E-state index in [1.54, 1.807) is 29.2 Å². The van der Waals surface area contributed by atoms with Crippen molar-refractivity contribution >= 4 is 17.1 Å². The van der Waals surface area contributed by atoms with E-state index in [-0.39, 0.29) is 23.8 Å². The van der Waals surface area contributed by atoms with Gasteiger partial charge in [0.15, 0.2) is 5.67 Å². The molecule has 1 atom stereocenters. The first-order valence-electron chi connectivity index (χ1n) is 10.7. The number of carbonyl (C=O) groups excluding carboxylic acids is 1. The average molecular weight is 468 g/mol. The Kier molecular flexibility index (Phi) is 5.77. The maximum Gasteiger partial charge on any atom is 0.252 e. The van der Waals surface area contributed by atoms with Crippen LogP contribution >= 0.6 is 0 Å². The van der Waals surface area contributed by atoms with Crippen molar-refractivity contribution in [2.75, 3.05) is 11.4 Å². The van der Waals surface area contributed by atoms with Crippen LogP contribution in [0.5, 0.6) is 0 Å². The lowest BCUT2D eigenvalue weighted by Gasteiger charge is -2.42. The van der Waals surface area contributed by atoms with Crippen LogP contribution in [0.3, 0.4) is 0 Å². The van der Waals surface area contributed by atoms with Crippen LogP contribution in [0.2, 0.25) is 0 Å². The molecule has 4 N–H and O–H groups in total. The topological polar surface area (TPSA) is 151 Å². The summed E-state index contributed by atoms with van der Waals surface area (Å²) in [6.07, 6.45) is 4.36. The van der Waals surface area contributed by atoms with Gasteiger partial charge in [0.2, 0.25) is 5.82 Å². The minimum Gasteiger partial charge on any atom is -0.387 e. The van der Waals surface area contributed by atoms with Crippen molar-refractivity contribution < 1.29 is 14.3 Å². The summed E-state index contributed by atoms with van der Waals surface area (Å²) in [7, 11) is 0. The summed E-state index contributed by atoms with van der Waals surface area (Å²) in [5, 5.41) is 29.3. The SMILES string of the molecule is CC(C)N(C[C@@](F)(c1ccc2cc(-c3nn[nH]n3)cnn12)C(C)(C)O)c1ccncc1C(N)=O. The van der Waals surface area contributed by atoms with Crippen LogP contribution in [0, 0.1) is 0 Å². The normalized spacial score (nSPS) is 13.9. The predicted octanol–water partition coefficient (Wildman–Crippen LogP) is 1.86. The second-order valence-corrected chi connectivity index (χ2v) is 8.87. The Morgan fingerprint density at radius 3 is 2.68 bits per heavy atom.